The van der Waals surface area contributed by atoms with Crippen LogP contribution in [-0.4, -0.2) is 28.3 Å². The summed E-state index contributed by atoms with van der Waals surface area (Å²) in [4.78, 5) is 9.70. The Hall–Kier alpha value is 0.0500. The van der Waals surface area contributed by atoms with Gasteiger partial charge in [-0.3, -0.25) is 0 Å². The molecule has 1 unspecified atom stereocenters. The lowest BCUT2D eigenvalue weighted by molar-refractivity contribution is 0.226. The summed E-state index contributed by atoms with van der Waals surface area (Å²) < 4.78 is 7.16. The number of nitrogens with zero attached hydrogens (tertiary/aromatic N) is 1. The first-order chi connectivity index (χ1) is 6.00. The van der Waals surface area contributed by atoms with Crippen molar-refractivity contribution in [3.63, 3.8) is 0 Å². The van der Waals surface area contributed by atoms with Gasteiger partial charge in [0.2, 0.25) is 0 Å². The molecule has 3 nitrogen and oxygen atoms in total. The second kappa shape index (κ2) is 6.50. The number of hydrogen-bond donors (Lipinski definition) is 1. The maximum absolute atomic E-state index is 9.70. The highest BCUT2D eigenvalue weighted by atomic mass is 31.2. The van der Waals surface area contributed by atoms with Crippen molar-refractivity contribution in [3.05, 3.63) is 12.7 Å². The van der Waals surface area contributed by atoms with Crippen LogP contribution in [-0.2, 0) is 4.52 Å². The van der Waals surface area contributed by atoms with E-state index in [1.807, 2.05) is 32.4 Å². The Balaban J connectivity index is 4.11. The van der Waals surface area contributed by atoms with Crippen LogP contribution in [0.1, 0.15) is 27.7 Å². The maximum Gasteiger partial charge on any atom is 0.256 e. The van der Waals surface area contributed by atoms with E-state index >= 15 is 0 Å². The van der Waals surface area contributed by atoms with Gasteiger partial charge < -0.3 is 9.42 Å². The molecule has 0 aromatic heterocycles. The molecule has 1 N–H and O–H groups in total. The normalized spacial score (nSPS) is 14.2. The second-order valence-corrected chi connectivity index (χ2v) is 4.63. The lowest BCUT2D eigenvalue weighted by Gasteiger charge is -2.32. The van der Waals surface area contributed by atoms with Gasteiger partial charge in [0, 0.05) is 12.1 Å². The van der Waals surface area contributed by atoms with E-state index in [4.69, 9.17) is 4.52 Å². The van der Waals surface area contributed by atoms with Gasteiger partial charge in [0.1, 0.15) is 0 Å². The molecule has 0 heterocycles. The third kappa shape index (κ3) is 4.72. The Kier molecular flexibility index (Phi) is 6.52. The zero-order valence-corrected chi connectivity index (χ0v) is 9.79. The molecular weight excluding hydrogens is 185 g/mol. The third-order valence-corrected chi connectivity index (χ3v) is 3.26. The zero-order valence-electron chi connectivity index (χ0n) is 8.90. The predicted molar refractivity (Wildman–Crippen MR) is 57.4 cm³/mol. The van der Waals surface area contributed by atoms with Crippen LogP contribution >= 0.6 is 8.53 Å². The first-order valence-electron chi connectivity index (χ1n) is 4.51. The van der Waals surface area contributed by atoms with E-state index in [-0.39, 0.29) is 0 Å². The number of hydrogen-bond acceptors (Lipinski definition) is 3. The Morgan fingerprint density at radius 1 is 1.38 bits per heavy atom. The molecule has 0 saturated heterocycles. The minimum Gasteiger partial charge on any atom is -0.338 e. The van der Waals surface area contributed by atoms with Crippen molar-refractivity contribution in [1.82, 2.24) is 4.67 Å². The molecule has 78 valence electrons. The van der Waals surface area contributed by atoms with Crippen molar-refractivity contribution in [2.75, 3.05) is 6.61 Å². The highest BCUT2D eigenvalue weighted by Gasteiger charge is 2.23. The van der Waals surface area contributed by atoms with Crippen LogP contribution in [0, 0.1) is 0 Å². The van der Waals surface area contributed by atoms with Gasteiger partial charge in [-0.2, -0.15) is 0 Å². The molecule has 0 saturated carbocycles. The third-order valence-electron chi connectivity index (χ3n) is 1.56. The van der Waals surface area contributed by atoms with Gasteiger partial charge in [-0.1, -0.05) is 6.08 Å². The van der Waals surface area contributed by atoms with Crippen LogP contribution in [0.3, 0.4) is 0 Å². The Labute approximate surface area is 82.4 Å². The van der Waals surface area contributed by atoms with Crippen LogP contribution < -0.4 is 0 Å². The van der Waals surface area contributed by atoms with Gasteiger partial charge in [-0.05, 0) is 27.7 Å². The Bertz CT molecular complexity index is 143. The Morgan fingerprint density at radius 3 is 2.15 bits per heavy atom. The molecule has 0 spiro atoms. The zero-order chi connectivity index (χ0) is 10.4. The van der Waals surface area contributed by atoms with Gasteiger partial charge in [0.05, 0.1) is 6.61 Å². The van der Waals surface area contributed by atoms with Gasteiger partial charge >= 0.3 is 0 Å². The SMILES string of the molecule is C=CCOP(O)N(C(C)C)C(C)C. The monoisotopic (exact) mass is 205 g/mol. The molecule has 0 aromatic carbocycles. The molecule has 13 heavy (non-hydrogen) atoms. The minimum absolute atomic E-state index is 0.293. The van der Waals surface area contributed by atoms with Crippen LogP contribution in [0.5, 0.6) is 0 Å². The molecule has 0 amide bonds. The van der Waals surface area contributed by atoms with E-state index in [0.29, 0.717) is 18.7 Å². The van der Waals surface area contributed by atoms with Crippen molar-refractivity contribution >= 4 is 8.53 Å². The lowest BCUT2D eigenvalue weighted by Crippen LogP contribution is -2.32. The summed E-state index contributed by atoms with van der Waals surface area (Å²) in [5.41, 5.74) is 0. The largest absolute Gasteiger partial charge is 0.338 e. The topological polar surface area (TPSA) is 32.7 Å². The molecule has 0 aliphatic carbocycles. The van der Waals surface area contributed by atoms with Crippen LogP contribution in [0.25, 0.3) is 0 Å². The lowest BCUT2D eigenvalue weighted by atomic mass is 10.3. The van der Waals surface area contributed by atoms with Crippen LogP contribution in [0.4, 0.5) is 0 Å². The van der Waals surface area contributed by atoms with E-state index in [0.717, 1.165) is 0 Å². The van der Waals surface area contributed by atoms with E-state index in [2.05, 4.69) is 6.58 Å². The van der Waals surface area contributed by atoms with Gasteiger partial charge in [-0.15, -0.1) is 6.58 Å². The first kappa shape index (κ1) is 13.1. The quantitative estimate of drug-likeness (QED) is 0.534. The standard InChI is InChI=1S/C9H20NO2P/c1-6-7-12-13(11)10(8(2)3)9(4)5/h6,8-9,11H,1,7H2,2-5H3. The van der Waals surface area contributed by atoms with E-state index < -0.39 is 8.53 Å². The van der Waals surface area contributed by atoms with Gasteiger partial charge in [0.25, 0.3) is 8.53 Å². The Morgan fingerprint density at radius 2 is 1.85 bits per heavy atom. The fraction of sp³-hybridized carbons (Fsp3) is 0.778. The number of rotatable bonds is 6. The summed E-state index contributed by atoms with van der Waals surface area (Å²) in [6, 6.07) is 0.585. The molecule has 4 heteroatoms. The molecule has 0 fully saturated rings. The molecule has 0 radical (unpaired) electrons. The van der Waals surface area contributed by atoms with Gasteiger partial charge in [-0.25, -0.2) is 4.67 Å². The highest BCUT2D eigenvalue weighted by molar-refractivity contribution is 7.43. The molecule has 1 atom stereocenters. The van der Waals surface area contributed by atoms with Crippen LogP contribution in [0.2, 0.25) is 0 Å². The van der Waals surface area contributed by atoms with E-state index in [9.17, 15) is 4.89 Å². The van der Waals surface area contributed by atoms with Crippen molar-refractivity contribution in [1.29, 1.82) is 0 Å². The summed E-state index contributed by atoms with van der Waals surface area (Å²) in [5.74, 6) is 0. The molecule has 0 aliphatic heterocycles. The average molecular weight is 205 g/mol. The maximum atomic E-state index is 9.70. The van der Waals surface area contributed by atoms with Crippen molar-refractivity contribution in [3.8, 4) is 0 Å². The summed E-state index contributed by atoms with van der Waals surface area (Å²) in [7, 11) is -1.47. The second-order valence-electron chi connectivity index (χ2n) is 3.40. The fourth-order valence-electron chi connectivity index (χ4n) is 1.18. The predicted octanol–water partition coefficient (Wildman–Crippen LogP) is 2.53. The van der Waals surface area contributed by atoms with E-state index in [1.54, 1.807) is 6.08 Å². The summed E-state index contributed by atoms with van der Waals surface area (Å²) in [6.45, 7) is 12.1. The molecule has 0 bridgehead atoms. The first-order valence-corrected chi connectivity index (χ1v) is 5.68. The molecule has 0 aromatic rings. The molecule has 0 rings (SSSR count). The summed E-state index contributed by atoms with van der Waals surface area (Å²) in [5, 5.41) is 0. The summed E-state index contributed by atoms with van der Waals surface area (Å²) >= 11 is 0. The smallest absolute Gasteiger partial charge is 0.256 e. The van der Waals surface area contributed by atoms with Crippen molar-refractivity contribution < 1.29 is 9.42 Å². The summed E-state index contributed by atoms with van der Waals surface area (Å²) in [6.07, 6.45) is 1.64. The van der Waals surface area contributed by atoms with Crippen molar-refractivity contribution in [2.45, 2.75) is 39.8 Å². The molecular formula is C9H20NO2P. The van der Waals surface area contributed by atoms with E-state index in [1.165, 1.54) is 0 Å². The fourth-order valence-corrected chi connectivity index (χ4v) is 2.34. The molecule has 0 aliphatic rings. The highest BCUT2D eigenvalue weighted by Crippen LogP contribution is 2.40. The minimum atomic E-state index is -1.47. The van der Waals surface area contributed by atoms with Crippen molar-refractivity contribution in [2.24, 2.45) is 0 Å². The van der Waals surface area contributed by atoms with Gasteiger partial charge in [0.15, 0.2) is 0 Å². The van der Waals surface area contributed by atoms with Crippen LogP contribution in [0.15, 0.2) is 12.7 Å². The average Bonchev–Trinajstić information content (AvgIpc) is 1.99.